The molecule has 1 fully saturated rings. The first kappa shape index (κ1) is 25.4. The van der Waals surface area contributed by atoms with Gasteiger partial charge in [0.2, 0.25) is 5.91 Å². The van der Waals surface area contributed by atoms with E-state index in [9.17, 15) is 15.3 Å². The summed E-state index contributed by atoms with van der Waals surface area (Å²) in [6.07, 6.45) is 6.80. The van der Waals surface area contributed by atoms with Crippen LogP contribution >= 0.6 is 0 Å². The zero-order valence-electron chi connectivity index (χ0n) is 21.3. The number of imidazole rings is 1. The van der Waals surface area contributed by atoms with Gasteiger partial charge >= 0.3 is 0 Å². The van der Waals surface area contributed by atoms with Crippen molar-refractivity contribution in [1.29, 1.82) is 5.26 Å². The van der Waals surface area contributed by atoms with E-state index in [1.807, 2.05) is 54.8 Å². The SMILES string of the molecule is CCC1(c2cccc(Oc3cc(C(C)(NO)c4cncn4C)ccc3C#N)c2)CCCCN(C)C1=O. The van der Waals surface area contributed by atoms with Gasteiger partial charge in [0.05, 0.1) is 29.2 Å². The van der Waals surface area contributed by atoms with Crippen LogP contribution in [0, 0.1) is 11.3 Å². The highest BCUT2D eigenvalue weighted by molar-refractivity contribution is 5.88. The lowest BCUT2D eigenvalue weighted by Crippen LogP contribution is -2.43. The molecule has 2 N–H and O–H groups in total. The molecule has 2 aromatic carbocycles. The number of aryl methyl sites for hydroxylation is 1. The highest BCUT2D eigenvalue weighted by atomic mass is 16.5. The van der Waals surface area contributed by atoms with Crippen molar-refractivity contribution in [2.24, 2.45) is 7.05 Å². The third-order valence-corrected chi connectivity index (χ3v) is 7.55. The van der Waals surface area contributed by atoms with E-state index >= 15 is 0 Å². The van der Waals surface area contributed by atoms with Gasteiger partial charge in [0.25, 0.3) is 0 Å². The largest absolute Gasteiger partial charge is 0.456 e. The number of benzene rings is 2. The molecule has 0 spiro atoms. The minimum Gasteiger partial charge on any atom is -0.456 e. The van der Waals surface area contributed by atoms with Gasteiger partial charge in [-0.3, -0.25) is 4.79 Å². The van der Waals surface area contributed by atoms with Crippen molar-refractivity contribution in [3.63, 3.8) is 0 Å². The smallest absolute Gasteiger partial charge is 0.232 e. The number of likely N-dealkylation sites (tertiary alicyclic amines) is 1. The van der Waals surface area contributed by atoms with Crippen LogP contribution in [0.2, 0.25) is 0 Å². The predicted octanol–water partition coefficient (Wildman–Crippen LogP) is 4.62. The Morgan fingerprint density at radius 3 is 2.72 bits per heavy atom. The lowest BCUT2D eigenvalue weighted by Gasteiger charge is -2.33. The van der Waals surface area contributed by atoms with Crippen LogP contribution in [0.3, 0.4) is 0 Å². The summed E-state index contributed by atoms with van der Waals surface area (Å²) in [5.74, 6) is 1.05. The Balaban J connectivity index is 1.73. The number of hydroxylamine groups is 1. The topological polar surface area (TPSA) is 103 Å². The first-order valence-corrected chi connectivity index (χ1v) is 12.3. The number of aromatic nitrogens is 2. The predicted molar refractivity (Wildman–Crippen MR) is 136 cm³/mol. The van der Waals surface area contributed by atoms with Gasteiger partial charge in [0.1, 0.15) is 23.1 Å². The van der Waals surface area contributed by atoms with E-state index in [0.717, 1.165) is 37.1 Å². The minimum absolute atomic E-state index is 0.139. The van der Waals surface area contributed by atoms with Crippen LogP contribution in [-0.4, -0.2) is 39.2 Å². The summed E-state index contributed by atoms with van der Waals surface area (Å²) in [6, 6.07) is 15.0. The number of nitrogens with zero attached hydrogens (tertiary/aromatic N) is 4. The summed E-state index contributed by atoms with van der Waals surface area (Å²) in [6.45, 7) is 4.65. The number of nitriles is 1. The molecule has 36 heavy (non-hydrogen) atoms. The Hall–Kier alpha value is -3.67. The fraction of sp³-hybridized carbons (Fsp3) is 0.393. The lowest BCUT2D eigenvalue weighted by molar-refractivity contribution is -0.135. The molecule has 0 radical (unpaired) electrons. The summed E-state index contributed by atoms with van der Waals surface area (Å²) in [4.78, 5) is 19.4. The van der Waals surface area contributed by atoms with E-state index in [0.29, 0.717) is 29.0 Å². The fourth-order valence-electron chi connectivity index (χ4n) is 5.25. The summed E-state index contributed by atoms with van der Waals surface area (Å²) >= 11 is 0. The van der Waals surface area contributed by atoms with Gasteiger partial charge in [-0.1, -0.05) is 31.5 Å². The van der Waals surface area contributed by atoms with Crippen LogP contribution in [0.25, 0.3) is 0 Å². The number of carbonyl (C=O) groups is 1. The number of likely N-dealkylation sites (N-methyl/N-ethyl adjacent to an activating group) is 1. The van der Waals surface area contributed by atoms with Crippen LogP contribution in [-0.2, 0) is 22.8 Å². The van der Waals surface area contributed by atoms with Crippen molar-refractivity contribution in [3.05, 3.63) is 77.4 Å². The molecule has 1 aliphatic heterocycles. The molecular weight excluding hydrogens is 454 g/mol. The Bertz CT molecular complexity index is 1300. The average molecular weight is 488 g/mol. The number of hydrogen-bond acceptors (Lipinski definition) is 6. The van der Waals surface area contributed by atoms with Crippen molar-refractivity contribution < 1.29 is 14.7 Å². The van der Waals surface area contributed by atoms with Gasteiger partial charge in [-0.25, -0.2) is 4.98 Å². The van der Waals surface area contributed by atoms with Crippen molar-refractivity contribution in [2.45, 2.75) is 50.5 Å². The van der Waals surface area contributed by atoms with Gasteiger partial charge in [-0.2, -0.15) is 10.7 Å². The lowest BCUT2D eigenvalue weighted by atomic mass is 9.73. The van der Waals surface area contributed by atoms with Gasteiger partial charge in [0, 0.05) is 20.6 Å². The highest BCUT2D eigenvalue weighted by Crippen LogP contribution is 2.40. The van der Waals surface area contributed by atoms with Crippen LogP contribution in [0.1, 0.15) is 61.9 Å². The number of rotatable bonds is 7. The fourth-order valence-corrected chi connectivity index (χ4v) is 5.25. The summed E-state index contributed by atoms with van der Waals surface area (Å²) in [5.41, 5.74) is 3.55. The molecule has 2 heterocycles. The normalized spacial score (nSPS) is 19.9. The number of amides is 1. The van der Waals surface area contributed by atoms with E-state index < -0.39 is 11.0 Å². The Morgan fingerprint density at radius 2 is 2.06 bits per heavy atom. The first-order valence-electron chi connectivity index (χ1n) is 12.3. The van der Waals surface area contributed by atoms with Crippen LogP contribution in [0.4, 0.5) is 0 Å². The van der Waals surface area contributed by atoms with E-state index in [1.165, 1.54) is 0 Å². The number of nitrogens with one attached hydrogen (secondary N) is 1. The molecule has 1 amide bonds. The molecule has 4 rings (SSSR count). The van der Waals surface area contributed by atoms with Crippen molar-refractivity contribution in [1.82, 2.24) is 19.9 Å². The van der Waals surface area contributed by atoms with Crippen molar-refractivity contribution in [3.8, 4) is 17.6 Å². The van der Waals surface area contributed by atoms with E-state index in [4.69, 9.17) is 4.74 Å². The molecule has 0 bridgehead atoms. The van der Waals surface area contributed by atoms with E-state index in [2.05, 4.69) is 23.5 Å². The van der Waals surface area contributed by atoms with Gasteiger partial charge in [0.15, 0.2) is 0 Å². The summed E-state index contributed by atoms with van der Waals surface area (Å²) in [7, 11) is 3.72. The quantitative estimate of drug-likeness (QED) is 0.472. The molecule has 1 aromatic heterocycles. The monoisotopic (exact) mass is 487 g/mol. The Kier molecular flexibility index (Phi) is 7.16. The first-order chi connectivity index (χ1) is 17.3. The molecule has 188 valence electrons. The Labute approximate surface area is 212 Å². The van der Waals surface area contributed by atoms with Gasteiger partial charge < -0.3 is 19.4 Å². The van der Waals surface area contributed by atoms with Gasteiger partial charge in [-0.05, 0) is 61.6 Å². The molecule has 8 nitrogen and oxygen atoms in total. The number of hydrogen-bond donors (Lipinski definition) is 2. The molecule has 1 aliphatic rings. The average Bonchev–Trinajstić information content (AvgIpc) is 3.28. The van der Waals surface area contributed by atoms with Gasteiger partial charge in [-0.15, -0.1) is 0 Å². The Morgan fingerprint density at radius 1 is 1.25 bits per heavy atom. The van der Waals surface area contributed by atoms with Crippen molar-refractivity contribution in [2.75, 3.05) is 13.6 Å². The van der Waals surface area contributed by atoms with Crippen LogP contribution in [0.5, 0.6) is 11.5 Å². The summed E-state index contributed by atoms with van der Waals surface area (Å²) < 4.78 is 8.08. The zero-order valence-corrected chi connectivity index (χ0v) is 21.3. The summed E-state index contributed by atoms with van der Waals surface area (Å²) in [5, 5.41) is 19.9. The van der Waals surface area contributed by atoms with E-state index in [1.54, 1.807) is 30.7 Å². The highest BCUT2D eigenvalue weighted by Gasteiger charge is 2.41. The molecule has 0 saturated carbocycles. The number of carbonyl (C=O) groups excluding carboxylic acids is 1. The number of ether oxygens (including phenoxy) is 1. The molecule has 1 saturated heterocycles. The standard InChI is InChI=1S/C28H33N5O3/c1-5-28(13-6-7-14-32(3)26(28)34)22-9-8-10-23(15-22)36-24-16-21(12-11-20(24)17-29)27(2,31-35)25-18-30-19-33(25)4/h8-12,15-16,18-19,31,35H,5-7,13-14H2,1-4H3. The molecule has 2 unspecified atom stereocenters. The van der Waals surface area contributed by atoms with Crippen molar-refractivity contribution >= 4 is 5.91 Å². The second-order valence-corrected chi connectivity index (χ2v) is 9.70. The maximum absolute atomic E-state index is 13.4. The maximum Gasteiger partial charge on any atom is 0.232 e. The molecule has 0 aliphatic carbocycles. The second kappa shape index (κ2) is 10.1. The molecule has 8 heteroatoms. The third-order valence-electron chi connectivity index (χ3n) is 7.55. The minimum atomic E-state index is -0.983. The molecule has 2 atom stereocenters. The van der Waals surface area contributed by atoms with E-state index in [-0.39, 0.29) is 5.91 Å². The zero-order chi connectivity index (χ0) is 25.9. The second-order valence-electron chi connectivity index (χ2n) is 9.70. The molecular formula is C28H33N5O3. The molecule has 3 aromatic rings. The maximum atomic E-state index is 13.4. The van der Waals surface area contributed by atoms with Crippen LogP contribution < -0.4 is 10.2 Å². The van der Waals surface area contributed by atoms with Crippen LogP contribution in [0.15, 0.2) is 55.0 Å². The third kappa shape index (κ3) is 4.36.